The van der Waals surface area contributed by atoms with Crippen molar-refractivity contribution in [2.24, 2.45) is 5.92 Å². The van der Waals surface area contributed by atoms with Gasteiger partial charge in [0.15, 0.2) is 0 Å². The van der Waals surface area contributed by atoms with Crippen LogP contribution in [0.1, 0.15) is 37.0 Å². The lowest BCUT2D eigenvalue weighted by Gasteiger charge is -2.38. The average molecular weight is 269 g/mol. The Morgan fingerprint density at radius 2 is 1.89 bits per heavy atom. The maximum Gasteiger partial charge on any atom is 0.335 e. The van der Waals surface area contributed by atoms with Crippen LogP contribution in [0, 0.1) is 17.6 Å². The van der Waals surface area contributed by atoms with Crippen LogP contribution in [-0.4, -0.2) is 23.7 Å². The zero-order chi connectivity index (χ0) is 14.2. The molecular weight excluding hydrogens is 252 g/mol. The van der Waals surface area contributed by atoms with E-state index >= 15 is 0 Å². The van der Waals surface area contributed by atoms with Crippen LogP contribution in [0.4, 0.5) is 14.5 Å². The van der Waals surface area contributed by atoms with Gasteiger partial charge in [-0.25, -0.2) is 13.6 Å². The standard InChI is InChI=1S/C14H17F2NO2/c1-8-3-4-17(9(2)5-8)13-11(15)6-10(14(18)19)7-12(13)16/h6-9H,3-5H2,1-2H3,(H,18,19). The highest BCUT2D eigenvalue weighted by Crippen LogP contribution is 2.32. The van der Waals surface area contributed by atoms with Crippen LogP contribution in [0.3, 0.4) is 0 Å². The van der Waals surface area contributed by atoms with Gasteiger partial charge >= 0.3 is 5.97 Å². The third kappa shape index (κ3) is 2.69. The number of hydrogen-bond acceptors (Lipinski definition) is 2. The fourth-order valence-corrected chi connectivity index (χ4v) is 2.70. The maximum absolute atomic E-state index is 14.0. The monoisotopic (exact) mass is 269 g/mol. The Kier molecular flexibility index (Phi) is 3.73. The molecule has 1 fully saturated rings. The Hall–Kier alpha value is -1.65. The van der Waals surface area contributed by atoms with Crippen molar-refractivity contribution in [1.82, 2.24) is 0 Å². The molecule has 0 aliphatic carbocycles. The number of halogens is 2. The van der Waals surface area contributed by atoms with Crippen LogP contribution in [-0.2, 0) is 0 Å². The number of anilines is 1. The Morgan fingerprint density at radius 3 is 2.37 bits per heavy atom. The molecule has 0 aromatic heterocycles. The molecule has 1 aliphatic heterocycles. The number of carboxylic acid groups (broad SMARTS) is 1. The predicted octanol–water partition coefficient (Wildman–Crippen LogP) is 3.29. The maximum atomic E-state index is 14.0. The third-order valence-corrected chi connectivity index (χ3v) is 3.69. The molecule has 2 unspecified atom stereocenters. The highest BCUT2D eigenvalue weighted by atomic mass is 19.1. The average Bonchev–Trinajstić information content (AvgIpc) is 2.30. The number of carboxylic acids is 1. The molecule has 104 valence electrons. The minimum absolute atomic E-state index is 0.0448. The molecule has 2 rings (SSSR count). The molecule has 0 spiro atoms. The summed E-state index contributed by atoms with van der Waals surface area (Å²) in [5, 5.41) is 8.77. The number of aromatic carboxylic acids is 1. The summed E-state index contributed by atoms with van der Waals surface area (Å²) in [6, 6.07) is 1.81. The summed E-state index contributed by atoms with van der Waals surface area (Å²) < 4.78 is 28.0. The molecule has 1 heterocycles. The van der Waals surface area contributed by atoms with Gasteiger partial charge in [-0.1, -0.05) is 6.92 Å². The van der Waals surface area contributed by atoms with Crippen molar-refractivity contribution >= 4 is 11.7 Å². The van der Waals surface area contributed by atoms with Crippen LogP contribution in [0.5, 0.6) is 0 Å². The van der Waals surface area contributed by atoms with E-state index in [0.717, 1.165) is 25.0 Å². The zero-order valence-electron chi connectivity index (χ0n) is 11.0. The molecule has 1 saturated heterocycles. The van der Waals surface area contributed by atoms with Crippen molar-refractivity contribution in [3.05, 3.63) is 29.3 Å². The van der Waals surface area contributed by atoms with Crippen LogP contribution in [0.25, 0.3) is 0 Å². The predicted molar refractivity (Wildman–Crippen MR) is 68.5 cm³/mol. The SMILES string of the molecule is CC1CCN(c2c(F)cc(C(=O)O)cc2F)C(C)C1. The van der Waals surface area contributed by atoms with Crippen LogP contribution >= 0.6 is 0 Å². The number of rotatable bonds is 2. The van der Waals surface area contributed by atoms with Gasteiger partial charge in [0.25, 0.3) is 0 Å². The summed E-state index contributed by atoms with van der Waals surface area (Å²) in [6.07, 6.45) is 1.75. The van der Waals surface area contributed by atoms with E-state index in [1.165, 1.54) is 0 Å². The topological polar surface area (TPSA) is 40.5 Å². The van der Waals surface area contributed by atoms with Gasteiger partial charge < -0.3 is 10.0 Å². The molecule has 19 heavy (non-hydrogen) atoms. The zero-order valence-corrected chi connectivity index (χ0v) is 11.0. The second-order valence-corrected chi connectivity index (χ2v) is 5.27. The van der Waals surface area contributed by atoms with Gasteiger partial charge in [0.2, 0.25) is 0 Å². The fourth-order valence-electron chi connectivity index (χ4n) is 2.70. The largest absolute Gasteiger partial charge is 0.478 e. The third-order valence-electron chi connectivity index (χ3n) is 3.69. The van der Waals surface area contributed by atoms with Crippen LogP contribution in [0.2, 0.25) is 0 Å². The van der Waals surface area contributed by atoms with Crippen LogP contribution in [0.15, 0.2) is 12.1 Å². The molecule has 1 aromatic rings. The molecule has 1 aromatic carbocycles. The lowest BCUT2D eigenvalue weighted by Crippen LogP contribution is -2.41. The smallest absolute Gasteiger partial charge is 0.335 e. The van der Waals surface area contributed by atoms with E-state index in [1.807, 2.05) is 6.92 Å². The number of nitrogens with zero attached hydrogens (tertiary/aromatic N) is 1. The summed E-state index contributed by atoms with van der Waals surface area (Å²) in [7, 11) is 0. The first kappa shape index (κ1) is 13.8. The molecule has 0 bridgehead atoms. The first-order valence-electron chi connectivity index (χ1n) is 6.39. The number of benzene rings is 1. The molecule has 1 aliphatic rings. The minimum atomic E-state index is -1.33. The van der Waals surface area contributed by atoms with E-state index < -0.39 is 17.6 Å². The van der Waals surface area contributed by atoms with Crippen molar-refractivity contribution in [1.29, 1.82) is 0 Å². The summed E-state index contributed by atoms with van der Waals surface area (Å²) in [4.78, 5) is 12.4. The number of hydrogen-bond donors (Lipinski definition) is 1. The molecule has 5 heteroatoms. The van der Waals surface area contributed by atoms with Gasteiger partial charge in [0.05, 0.1) is 5.56 Å². The number of piperidine rings is 1. The van der Waals surface area contributed by atoms with Gasteiger partial charge in [-0.15, -0.1) is 0 Å². The lowest BCUT2D eigenvalue weighted by molar-refractivity contribution is 0.0696. The van der Waals surface area contributed by atoms with Gasteiger partial charge in [0, 0.05) is 12.6 Å². The van der Waals surface area contributed by atoms with E-state index in [4.69, 9.17) is 5.11 Å². The second-order valence-electron chi connectivity index (χ2n) is 5.27. The van der Waals surface area contributed by atoms with Crippen molar-refractivity contribution in [2.75, 3.05) is 11.4 Å². The van der Waals surface area contributed by atoms with Crippen molar-refractivity contribution < 1.29 is 18.7 Å². The van der Waals surface area contributed by atoms with Gasteiger partial charge in [-0.05, 0) is 37.8 Å². The van der Waals surface area contributed by atoms with E-state index in [-0.39, 0.29) is 17.3 Å². The second kappa shape index (κ2) is 5.15. The first-order chi connectivity index (χ1) is 8.90. The summed E-state index contributed by atoms with van der Waals surface area (Å²) >= 11 is 0. The first-order valence-corrected chi connectivity index (χ1v) is 6.39. The van der Waals surface area contributed by atoms with Gasteiger partial charge in [-0.2, -0.15) is 0 Å². The molecule has 0 amide bonds. The normalized spacial score (nSPS) is 23.5. The van der Waals surface area contributed by atoms with E-state index in [1.54, 1.807) is 4.90 Å². The summed E-state index contributed by atoms with van der Waals surface area (Å²) in [5.74, 6) is -2.40. The quantitative estimate of drug-likeness (QED) is 0.895. The van der Waals surface area contributed by atoms with Gasteiger partial charge in [-0.3, -0.25) is 0 Å². The Balaban J connectivity index is 2.37. The van der Waals surface area contributed by atoms with Crippen molar-refractivity contribution in [2.45, 2.75) is 32.7 Å². The molecule has 0 saturated carbocycles. The van der Waals surface area contributed by atoms with E-state index in [9.17, 15) is 13.6 Å². The highest BCUT2D eigenvalue weighted by molar-refractivity contribution is 5.88. The van der Waals surface area contributed by atoms with E-state index in [0.29, 0.717) is 12.5 Å². The van der Waals surface area contributed by atoms with Crippen LogP contribution < -0.4 is 4.90 Å². The molecule has 2 atom stereocenters. The Morgan fingerprint density at radius 1 is 1.32 bits per heavy atom. The molecular formula is C14H17F2NO2. The molecule has 1 N–H and O–H groups in total. The summed E-state index contributed by atoms with van der Waals surface area (Å²) in [6.45, 7) is 4.64. The lowest BCUT2D eigenvalue weighted by atomic mass is 9.92. The molecule has 3 nitrogen and oxygen atoms in total. The Labute approximate surface area is 110 Å². The highest BCUT2D eigenvalue weighted by Gasteiger charge is 2.28. The summed E-state index contributed by atoms with van der Waals surface area (Å²) in [5.41, 5.74) is -0.471. The Bertz CT molecular complexity index is 481. The van der Waals surface area contributed by atoms with E-state index in [2.05, 4.69) is 6.92 Å². The minimum Gasteiger partial charge on any atom is -0.478 e. The van der Waals surface area contributed by atoms with Crippen molar-refractivity contribution in [3.8, 4) is 0 Å². The van der Waals surface area contributed by atoms with Crippen molar-refractivity contribution in [3.63, 3.8) is 0 Å². The number of carbonyl (C=O) groups is 1. The fraction of sp³-hybridized carbons (Fsp3) is 0.500. The molecule has 0 radical (unpaired) electrons. The van der Waals surface area contributed by atoms with Gasteiger partial charge in [0.1, 0.15) is 17.3 Å².